The minimum Gasteiger partial charge on any atom is -0.352 e. The van der Waals surface area contributed by atoms with E-state index in [1.54, 1.807) is 30.6 Å². The van der Waals surface area contributed by atoms with Crippen molar-refractivity contribution in [1.29, 1.82) is 5.41 Å². The average Bonchev–Trinajstić information content (AvgIpc) is 2.74. The van der Waals surface area contributed by atoms with Gasteiger partial charge in [0.2, 0.25) is 0 Å². The van der Waals surface area contributed by atoms with Crippen LogP contribution >= 0.6 is 0 Å². The van der Waals surface area contributed by atoms with Gasteiger partial charge in [0, 0.05) is 11.9 Å². The molecule has 2 aromatic carbocycles. The molecule has 2 N–H and O–H groups in total. The van der Waals surface area contributed by atoms with E-state index in [1.807, 2.05) is 47.0 Å². The average molecular weight is 381 g/mol. The molecule has 0 saturated heterocycles. The molecule has 29 heavy (non-hydrogen) atoms. The van der Waals surface area contributed by atoms with Crippen LogP contribution in [0.25, 0.3) is 28.1 Å². The number of benzene rings is 3. The number of aromatic nitrogens is 3. The van der Waals surface area contributed by atoms with Gasteiger partial charge in [-0.1, -0.05) is 12.1 Å². The van der Waals surface area contributed by atoms with E-state index in [9.17, 15) is 4.39 Å². The van der Waals surface area contributed by atoms with Crippen LogP contribution < -0.4 is 10.7 Å². The van der Waals surface area contributed by atoms with Crippen molar-refractivity contribution in [3.8, 4) is 17.1 Å². The zero-order chi connectivity index (χ0) is 19.8. The molecular weight excluding hydrogens is 365 g/mol. The number of nitrogens with one attached hydrogen (secondary N) is 2. The number of para-hydroxylation sites is 2. The lowest BCUT2D eigenvalue weighted by Crippen LogP contribution is -2.13. The van der Waals surface area contributed by atoms with Crippen molar-refractivity contribution in [1.82, 2.24) is 14.5 Å². The standard InChI is InChI=1S/C23H16FN5/c24-15-7-9-17(10-8-15)29-22-6-2-1-5-19(22)28-21-13-20(18(25)12-23(21)29)27-16-4-3-11-26-14-16/h1-14,25,27H. The Morgan fingerprint density at radius 3 is 2.55 bits per heavy atom. The SMILES string of the molecule is N=c1cc2n(-c3ccc(F)cc3)c3ccccc3nc-2cc1Nc1cccnc1. The number of anilines is 2. The molecule has 2 heterocycles. The predicted octanol–water partition coefficient (Wildman–Crippen LogP) is 4.89. The molecule has 0 bridgehead atoms. The minimum atomic E-state index is -0.291. The highest BCUT2D eigenvalue weighted by Gasteiger charge is 2.16. The lowest BCUT2D eigenvalue weighted by Gasteiger charge is -2.20. The van der Waals surface area contributed by atoms with Gasteiger partial charge in [-0.25, -0.2) is 9.37 Å². The number of hydrogen-bond acceptors (Lipinski definition) is 4. The summed E-state index contributed by atoms with van der Waals surface area (Å²) in [5.41, 5.74) is 5.45. The highest BCUT2D eigenvalue weighted by Crippen LogP contribution is 2.30. The molecule has 1 aliphatic carbocycles. The van der Waals surface area contributed by atoms with Gasteiger partial charge < -0.3 is 9.88 Å². The first-order valence-electron chi connectivity index (χ1n) is 9.12. The first-order chi connectivity index (χ1) is 14.2. The number of hydrogen-bond donors (Lipinski definition) is 2. The quantitative estimate of drug-likeness (QED) is 0.438. The van der Waals surface area contributed by atoms with Gasteiger partial charge in [0.15, 0.2) is 0 Å². The monoisotopic (exact) mass is 381 g/mol. The summed E-state index contributed by atoms with van der Waals surface area (Å²) in [6, 6.07) is 21.5. The van der Waals surface area contributed by atoms with Crippen molar-refractivity contribution >= 4 is 22.4 Å². The number of fused-ring (bicyclic) bond motifs is 2. The van der Waals surface area contributed by atoms with Crippen LogP contribution in [-0.4, -0.2) is 14.5 Å². The van der Waals surface area contributed by atoms with E-state index in [2.05, 4.69) is 10.3 Å². The molecule has 0 radical (unpaired) electrons. The zero-order valence-corrected chi connectivity index (χ0v) is 15.3. The van der Waals surface area contributed by atoms with Crippen LogP contribution in [-0.2, 0) is 0 Å². The lowest BCUT2D eigenvalue weighted by molar-refractivity contribution is 0.627. The van der Waals surface area contributed by atoms with Gasteiger partial charge in [0.25, 0.3) is 0 Å². The van der Waals surface area contributed by atoms with Crippen LogP contribution in [0, 0.1) is 11.2 Å². The molecule has 1 aliphatic heterocycles. The summed E-state index contributed by atoms with van der Waals surface area (Å²) in [5, 5.41) is 12.1. The van der Waals surface area contributed by atoms with Crippen LogP contribution in [0.1, 0.15) is 0 Å². The summed E-state index contributed by atoms with van der Waals surface area (Å²) in [5.74, 6) is -0.291. The highest BCUT2D eigenvalue weighted by molar-refractivity contribution is 5.84. The van der Waals surface area contributed by atoms with E-state index in [0.29, 0.717) is 11.0 Å². The molecule has 6 heteroatoms. The maximum absolute atomic E-state index is 13.5. The second kappa shape index (κ2) is 6.83. The van der Waals surface area contributed by atoms with Gasteiger partial charge in [-0.15, -0.1) is 0 Å². The number of pyridine rings is 1. The Balaban J connectivity index is 1.77. The van der Waals surface area contributed by atoms with E-state index in [4.69, 9.17) is 10.4 Å². The van der Waals surface area contributed by atoms with Crippen molar-refractivity contribution < 1.29 is 4.39 Å². The zero-order valence-electron chi connectivity index (χ0n) is 15.3. The third kappa shape index (κ3) is 3.10. The maximum Gasteiger partial charge on any atom is 0.123 e. The smallest absolute Gasteiger partial charge is 0.123 e. The molecule has 0 amide bonds. The molecule has 0 spiro atoms. The van der Waals surface area contributed by atoms with Crippen molar-refractivity contribution in [2.24, 2.45) is 0 Å². The van der Waals surface area contributed by atoms with E-state index >= 15 is 0 Å². The van der Waals surface area contributed by atoms with Crippen LogP contribution in [0.2, 0.25) is 0 Å². The first-order valence-corrected chi connectivity index (χ1v) is 9.12. The fourth-order valence-corrected chi connectivity index (χ4v) is 3.42. The van der Waals surface area contributed by atoms with Gasteiger partial charge in [-0.05, 0) is 60.7 Å². The number of rotatable bonds is 3. The third-order valence-electron chi connectivity index (χ3n) is 4.74. The summed E-state index contributed by atoms with van der Waals surface area (Å²) < 4.78 is 15.5. The van der Waals surface area contributed by atoms with Crippen LogP contribution in [0.5, 0.6) is 0 Å². The molecule has 2 aliphatic rings. The molecule has 0 atom stereocenters. The fourth-order valence-electron chi connectivity index (χ4n) is 3.42. The molecular formula is C23H16FN5. The van der Waals surface area contributed by atoms with Crippen molar-refractivity contribution in [2.75, 3.05) is 5.32 Å². The van der Waals surface area contributed by atoms with Crippen LogP contribution in [0.3, 0.4) is 0 Å². The van der Waals surface area contributed by atoms with Crippen LogP contribution in [0.4, 0.5) is 15.8 Å². The van der Waals surface area contributed by atoms with Gasteiger partial charge in [-0.2, -0.15) is 0 Å². The van der Waals surface area contributed by atoms with Gasteiger partial charge in [-0.3, -0.25) is 10.4 Å². The Hall–Kier alpha value is -4.06. The Bertz CT molecular complexity index is 1340. The molecule has 0 saturated carbocycles. The minimum absolute atomic E-state index is 0.291. The van der Waals surface area contributed by atoms with Gasteiger partial charge in [0.05, 0.1) is 45.4 Å². The van der Waals surface area contributed by atoms with Crippen molar-refractivity contribution in [3.63, 3.8) is 0 Å². The number of nitrogens with zero attached hydrogens (tertiary/aromatic N) is 3. The molecule has 3 aromatic rings. The Morgan fingerprint density at radius 1 is 0.931 bits per heavy atom. The largest absolute Gasteiger partial charge is 0.352 e. The first kappa shape index (κ1) is 17.1. The topological polar surface area (TPSA) is 66.6 Å². The van der Waals surface area contributed by atoms with E-state index in [0.717, 1.165) is 33.8 Å². The Labute approximate surface area is 166 Å². The summed E-state index contributed by atoms with van der Waals surface area (Å²) in [4.78, 5) is 8.89. The maximum atomic E-state index is 13.5. The molecule has 5 nitrogen and oxygen atoms in total. The molecule has 140 valence electrons. The number of halogens is 1. The van der Waals surface area contributed by atoms with E-state index in [1.165, 1.54) is 12.1 Å². The molecule has 0 unspecified atom stereocenters. The predicted molar refractivity (Wildman–Crippen MR) is 111 cm³/mol. The van der Waals surface area contributed by atoms with Gasteiger partial charge in [0.1, 0.15) is 5.82 Å². The highest BCUT2D eigenvalue weighted by atomic mass is 19.1. The fraction of sp³-hybridized carbons (Fsp3) is 0. The van der Waals surface area contributed by atoms with Crippen LogP contribution in [0.15, 0.2) is 85.2 Å². The van der Waals surface area contributed by atoms with Crippen molar-refractivity contribution in [3.05, 3.63) is 96.4 Å². The van der Waals surface area contributed by atoms with Crippen molar-refractivity contribution in [2.45, 2.75) is 0 Å². The Morgan fingerprint density at radius 2 is 1.76 bits per heavy atom. The second-order valence-electron chi connectivity index (χ2n) is 6.67. The second-order valence-corrected chi connectivity index (χ2v) is 6.67. The molecule has 1 aromatic heterocycles. The third-order valence-corrected chi connectivity index (χ3v) is 4.74. The van der Waals surface area contributed by atoms with Gasteiger partial charge >= 0.3 is 0 Å². The molecule has 0 fully saturated rings. The molecule has 5 rings (SSSR count). The Kier molecular flexibility index (Phi) is 4.02. The summed E-state index contributed by atoms with van der Waals surface area (Å²) in [7, 11) is 0. The summed E-state index contributed by atoms with van der Waals surface area (Å²) in [6.07, 6.45) is 3.41. The summed E-state index contributed by atoms with van der Waals surface area (Å²) in [6.45, 7) is 0. The van der Waals surface area contributed by atoms with E-state index in [-0.39, 0.29) is 5.82 Å². The summed E-state index contributed by atoms with van der Waals surface area (Å²) >= 11 is 0. The lowest BCUT2D eigenvalue weighted by atomic mass is 10.1. The van der Waals surface area contributed by atoms with E-state index < -0.39 is 0 Å². The normalized spacial score (nSPS) is 11.1.